The molecule has 1 aliphatic rings. The second-order valence-electron chi connectivity index (χ2n) is 5.68. The van der Waals surface area contributed by atoms with E-state index in [0.29, 0.717) is 16.8 Å². The number of benzene rings is 1. The lowest BCUT2D eigenvalue weighted by molar-refractivity contribution is -0.146. The van der Waals surface area contributed by atoms with E-state index in [2.05, 4.69) is 31.0 Å². The highest BCUT2D eigenvalue weighted by atomic mass is 35.5. The molecule has 2 atom stereocenters. The van der Waals surface area contributed by atoms with E-state index in [9.17, 15) is 4.79 Å². The minimum absolute atomic E-state index is 0. The number of rotatable bonds is 4. The van der Waals surface area contributed by atoms with E-state index < -0.39 is 5.97 Å². The van der Waals surface area contributed by atoms with Gasteiger partial charge in [-0.2, -0.15) is 0 Å². The normalized spacial score (nSPS) is 23.2. The molecule has 1 aromatic carbocycles. The third-order valence-electron chi connectivity index (χ3n) is 3.82. The Labute approximate surface area is 148 Å². The van der Waals surface area contributed by atoms with Gasteiger partial charge in [0.25, 0.3) is 0 Å². The molecule has 2 unspecified atom stereocenters. The van der Waals surface area contributed by atoms with Crippen molar-refractivity contribution < 1.29 is 14.4 Å². The van der Waals surface area contributed by atoms with E-state index in [1.54, 1.807) is 24.3 Å². The number of ether oxygens (including phenoxy) is 1. The molecular weight excluding hydrogens is 339 g/mol. The zero-order valence-electron chi connectivity index (χ0n) is 13.5. The van der Waals surface area contributed by atoms with Crippen LogP contribution in [0.5, 0.6) is 5.75 Å². The summed E-state index contributed by atoms with van der Waals surface area (Å²) in [4.78, 5) is 18.9. The number of hydrogen-bond donors (Lipinski definition) is 0. The van der Waals surface area contributed by atoms with Crippen molar-refractivity contribution in [3.63, 3.8) is 0 Å². The Morgan fingerprint density at radius 3 is 2.65 bits per heavy atom. The summed E-state index contributed by atoms with van der Waals surface area (Å²) in [7, 11) is 2.09. The third-order valence-corrected chi connectivity index (χ3v) is 4.07. The molecule has 1 heterocycles. The molecule has 0 bridgehead atoms. The zero-order chi connectivity index (χ0) is 16.1. The number of halogens is 2. The average molecular weight is 361 g/mol. The van der Waals surface area contributed by atoms with Gasteiger partial charge in [-0.1, -0.05) is 23.7 Å². The van der Waals surface area contributed by atoms with Crippen LogP contribution in [0.3, 0.4) is 0 Å². The first-order chi connectivity index (χ1) is 10.5. The Kier molecular flexibility index (Phi) is 7.82. The SMILES string of the molecule is CC1CN(C)C(C)C/C1=N/OC(=O)COc1ccc(Cl)cc1.Cl. The van der Waals surface area contributed by atoms with E-state index in [1.165, 1.54) is 0 Å². The molecule has 23 heavy (non-hydrogen) atoms. The van der Waals surface area contributed by atoms with Gasteiger partial charge in [-0.15, -0.1) is 12.4 Å². The van der Waals surface area contributed by atoms with Crippen molar-refractivity contribution in [3.05, 3.63) is 29.3 Å². The smallest absolute Gasteiger partial charge is 0.372 e. The number of nitrogens with zero attached hydrogens (tertiary/aromatic N) is 2. The summed E-state index contributed by atoms with van der Waals surface area (Å²) in [6.07, 6.45) is 0.809. The molecule has 0 aliphatic carbocycles. The second kappa shape index (κ2) is 9.11. The van der Waals surface area contributed by atoms with Crippen LogP contribution >= 0.6 is 24.0 Å². The Morgan fingerprint density at radius 2 is 2.00 bits per heavy atom. The van der Waals surface area contributed by atoms with Crippen LogP contribution in [0.15, 0.2) is 29.4 Å². The topological polar surface area (TPSA) is 51.1 Å². The maximum Gasteiger partial charge on any atom is 0.372 e. The average Bonchev–Trinajstić information content (AvgIpc) is 2.49. The Balaban J connectivity index is 0.00000264. The summed E-state index contributed by atoms with van der Waals surface area (Å²) in [5, 5.41) is 4.63. The van der Waals surface area contributed by atoms with Gasteiger partial charge >= 0.3 is 5.97 Å². The molecule has 0 spiro atoms. The fourth-order valence-corrected chi connectivity index (χ4v) is 2.44. The fraction of sp³-hybridized carbons (Fsp3) is 0.500. The Bertz CT molecular complexity index is 549. The first-order valence-corrected chi connectivity index (χ1v) is 7.68. The lowest BCUT2D eigenvalue weighted by Gasteiger charge is -2.34. The van der Waals surface area contributed by atoms with Crippen LogP contribution in [-0.2, 0) is 9.63 Å². The van der Waals surface area contributed by atoms with Gasteiger partial charge in [0, 0.05) is 29.9 Å². The third kappa shape index (κ3) is 6.01. The molecule has 128 valence electrons. The molecule has 0 aromatic heterocycles. The number of piperidine rings is 1. The van der Waals surface area contributed by atoms with Crippen molar-refractivity contribution in [2.24, 2.45) is 11.1 Å². The van der Waals surface area contributed by atoms with Crippen molar-refractivity contribution in [1.29, 1.82) is 0 Å². The van der Waals surface area contributed by atoms with Gasteiger partial charge < -0.3 is 14.5 Å². The van der Waals surface area contributed by atoms with Crippen LogP contribution in [0.25, 0.3) is 0 Å². The van der Waals surface area contributed by atoms with Crippen LogP contribution in [0.2, 0.25) is 5.02 Å². The largest absolute Gasteiger partial charge is 0.482 e. The number of carbonyl (C=O) groups excluding carboxylic acids is 1. The zero-order valence-corrected chi connectivity index (χ0v) is 15.1. The van der Waals surface area contributed by atoms with E-state index in [-0.39, 0.29) is 24.9 Å². The Morgan fingerprint density at radius 1 is 1.35 bits per heavy atom. The molecule has 2 rings (SSSR count). The van der Waals surface area contributed by atoms with Gasteiger partial charge in [0.15, 0.2) is 6.61 Å². The fourth-order valence-electron chi connectivity index (χ4n) is 2.31. The molecule has 0 N–H and O–H groups in total. The van der Waals surface area contributed by atoms with Crippen LogP contribution in [0.4, 0.5) is 0 Å². The minimum atomic E-state index is -0.513. The molecule has 0 radical (unpaired) electrons. The van der Waals surface area contributed by atoms with Crippen LogP contribution < -0.4 is 4.74 Å². The minimum Gasteiger partial charge on any atom is -0.482 e. The lowest BCUT2D eigenvalue weighted by atomic mass is 9.93. The molecule has 0 saturated carbocycles. The molecule has 1 aliphatic heterocycles. The predicted octanol–water partition coefficient (Wildman–Crippen LogP) is 3.40. The van der Waals surface area contributed by atoms with Gasteiger partial charge in [-0.05, 0) is 38.2 Å². The van der Waals surface area contributed by atoms with Crippen molar-refractivity contribution >= 4 is 35.7 Å². The van der Waals surface area contributed by atoms with E-state index in [4.69, 9.17) is 21.2 Å². The standard InChI is InChI=1S/C16H21ClN2O3.ClH/c1-11-9-19(3)12(2)8-15(11)18-22-16(20)10-21-14-6-4-13(17)5-7-14;/h4-7,11-12H,8-10H2,1-3H3;1H/b18-15-;. The summed E-state index contributed by atoms with van der Waals surface area (Å²) in [6.45, 7) is 4.95. The summed E-state index contributed by atoms with van der Waals surface area (Å²) in [6, 6.07) is 7.19. The van der Waals surface area contributed by atoms with Gasteiger partial charge in [-0.3, -0.25) is 0 Å². The lowest BCUT2D eigenvalue weighted by Crippen LogP contribution is -2.43. The van der Waals surface area contributed by atoms with E-state index in [0.717, 1.165) is 18.7 Å². The van der Waals surface area contributed by atoms with E-state index >= 15 is 0 Å². The summed E-state index contributed by atoms with van der Waals surface area (Å²) >= 11 is 5.78. The molecule has 0 amide bonds. The van der Waals surface area contributed by atoms with Crippen LogP contribution in [0, 0.1) is 5.92 Å². The highest BCUT2D eigenvalue weighted by Gasteiger charge is 2.26. The highest BCUT2D eigenvalue weighted by molar-refractivity contribution is 6.30. The highest BCUT2D eigenvalue weighted by Crippen LogP contribution is 2.18. The molecular formula is C16H22Cl2N2O3. The van der Waals surface area contributed by atoms with Crippen LogP contribution in [-0.4, -0.2) is 42.8 Å². The quantitative estimate of drug-likeness (QED) is 0.609. The monoisotopic (exact) mass is 360 g/mol. The first kappa shape index (κ1) is 19.7. The van der Waals surface area contributed by atoms with Crippen LogP contribution in [0.1, 0.15) is 20.3 Å². The molecule has 1 saturated heterocycles. The first-order valence-electron chi connectivity index (χ1n) is 7.31. The van der Waals surface area contributed by atoms with Gasteiger partial charge in [0.2, 0.25) is 0 Å². The number of oxime groups is 1. The van der Waals surface area contributed by atoms with Gasteiger partial charge in [-0.25, -0.2) is 4.79 Å². The summed E-state index contributed by atoms with van der Waals surface area (Å²) in [5.41, 5.74) is 0.922. The van der Waals surface area contributed by atoms with Crippen molar-refractivity contribution in [2.75, 3.05) is 20.2 Å². The van der Waals surface area contributed by atoms with Gasteiger partial charge in [0.1, 0.15) is 5.75 Å². The Hall–Kier alpha value is -1.30. The van der Waals surface area contributed by atoms with E-state index in [1.807, 2.05) is 0 Å². The maximum atomic E-state index is 11.7. The molecule has 1 fully saturated rings. The molecule has 5 nitrogen and oxygen atoms in total. The summed E-state index contributed by atoms with van der Waals surface area (Å²) in [5.74, 6) is 0.336. The predicted molar refractivity (Wildman–Crippen MR) is 93.6 cm³/mol. The van der Waals surface area contributed by atoms with Crippen molar-refractivity contribution in [3.8, 4) is 5.75 Å². The van der Waals surface area contributed by atoms with Crippen molar-refractivity contribution in [1.82, 2.24) is 4.90 Å². The summed E-state index contributed by atoms with van der Waals surface area (Å²) < 4.78 is 5.32. The number of likely N-dealkylation sites (tertiary alicyclic amines) is 1. The molecule has 1 aromatic rings. The molecule has 7 heteroatoms. The maximum absolute atomic E-state index is 11.7. The van der Waals surface area contributed by atoms with Crippen molar-refractivity contribution in [2.45, 2.75) is 26.3 Å². The number of hydrogen-bond acceptors (Lipinski definition) is 5. The second-order valence-corrected chi connectivity index (χ2v) is 6.12. The van der Waals surface area contributed by atoms with Gasteiger partial charge in [0.05, 0.1) is 5.71 Å². The number of carbonyl (C=O) groups is 1.